The van der Waals surface area contributed by atoms with Gasteiger partial charge in [0.15, 0.2) is 0 Å². The van der Waals surface area contributed by atoms with Crippen LogP contribution >= 0.6 is 0 Å². The average molecular weight is 490 g/mol. The normalized spacial score (nSPS) is 11.1. The van der Waals surface area contributed by atoms with Crippen LogP contribution in [0.3, 0.4) is 0 Å². The number of hydrogen-bond donors (Lipinski definition) is 2. The van der Waals surface area contributed by atoms with Gasteiger partial charge in [0, 0.05) is 33.9 Å². The van der Waals surface area contributed by atoms with Crippen LogP contribution in [0.15, 0.2) is 115 Å². The van der Waals surface area contributed by atoms with E-state index in [0.29, 0.717) is 22.6 Å². The SMILES string of the molecule is O=C(/C=C/c1ccccc1)Nc1ccc2c(c1)cc(C(=O)Nc1ccccc1)n2Cc1ccccc1F. The highest BCUT2D eigenvalue weighted by Gasteiger charge is 2.18. The number of fused-ring (bicyclic) bond motifs is 1. The molecule has 2 N–H and O–H groups in total. The second kappa shape index (κ2) is 10.7. The van der Waals surface area contributed by atoms with E-state index in [1.807, 2.05) is 54.6 Å². The molecule has 182 valence electrons. The Morgan fingerprint density at radius 1 is 0.757 bits per heavy atom. The topological polar surface area (TPSA) is 63.1 Å². The summed E-state index contributed by atoms with van der Waals surface area (Å²) >= 11 is 0. The molecule has 0 aliphatic carbocycles. The first-order chi connectivity index (χ1) is 18.1. The summed E-state index contributed by atoms with van der Waals surface area (Å²) in [5.74, 6) is -0.918. The molecule has 1 heterocycles. The van der Waals surface area contributed by atoms with Crippen LogP contribution in [0.1, 0.15) is 21.6 Å². The quantitative estimate of drug-likeness (QED) is 0.249. The molecule has 2 amide bonds. The van der Waals surface area contributed by atoms with Gasteiger partial charge in [-0.1, -0.05) is 66.7 Å². The molecule has 0 atom stereocenters. The highest BCUT2D eigenvalue weighted by molar-refractivity contribution is 6.07. The first kappa shape index (κ1) is 23.8. The molecule has 1 aromatic heterocycles. The number of carbonyl (C=O) groups excluding carboxylic acids is 2. The summed E-state index contributed by atoms with van der Waals surface area (Å²) in [6.45, 7) is 0.180. The lowest BCUT2D eigenvalue weighted by molar-refractivity contribution is -0.111. The summed E-state index contributed by atoms with van der Waals surface area (Å²) in [5, 5.41) is 6.52. The van der Waals surface area contributed by atoms with Crippen molar-refractivity contribution in [3.05, 3.63) is 138 Å². The van der Waals surface area contributed by atoms with E-state index in [1.54, 1.807) is 59.2 Å². The van der Waals surface area contributed by atoms with Gasteiger partial charge in [0.05, 0.1) is 6.54 Å². The van der Waals surface area contributed by atoms with E-state index in [2.05, 4.69) is 10.6 Å². The lowest BCUT2D eigenvalue weighted by Gasteiger charge is -2.12. The minimum Gasteiger partial charge on any atom is -0.332 e. The molecule has 0 fully saturated rings. The zero-order valence-corrected chi connectivity index (χ0v) is 19.9. The fraction of sp³-hybridized carbons (Fsp3) is 0.0323. The van der Waals surface area contributed by atoms with Crippen LogP contribution in [0.2, 0.25) is 0 Å². The van der Waals surface area contributed by atoms with Crippen molar-refractivity contribution >= 4 is 40.2 Å². The van der Waals surface area contributed by atoms with Crippen molar-refractivity contribution in [2.45, 2.75) is 6.54 Å². The van der Waals surface area contributed by atoms with Crippen LogP contribution in [-0.4, -0.2) is 16.4 Å². The number of rotatable bonds is 7. The molecule has 0 aliphatic rings. The Balaban J connectivity index is 1.46. The summed E-state index contributed by atoms with van der Waals surface area (Å²) in [6.07, 6.45) is 3.21. The van der Waals surface area contributed by atoms with Gasteiger partial charge in [-0.15, -0.1) is 0 Å². The highest BCUT2D eigenvalue weighted by Crippen LogP contribution is 2.26. The number of halogens is 1. The molecule has 0 bridgehead atoms. The van der Waals surface area contributed by atoms with Crippen molar-refractivity contribution in [3.63, 3.8) is 0 Å². The minimum absolute atomic E-state index is 0.180. The molecule has 0 saturated carbocycles. The fourth-order valence-corrected chi connectivity index (χ4v) is 4.14. The zero-order chi connectivity index (χ0) is 25.6. The van der Waals surface area contributed by atoms with Crippen LogP contribution in [0.25, 0.3) is 17.0 Å². The zero-order valence-electron chi connectivity index (χ0n) is 19.9. The number of benzene rings is 4. The van der Waals surface area contributed by atoms with E-state index in [-0.39, 0.29) is 24.2 Å². The molecule has 0 saturated heterocycles. The minimum atomic E-state index is -0.340. The average Bonchev–Trinajstić information content (AvgIpc) is 3.27. The molecule has 5 nitrogen and oxygen atoms in total. The summed E-state index contributed by atoms with van der Waals surface area (Å²) in [6, 6.07) is 32.4. The van der Waals surface area contributed by atoms with Crippen LogP contribution < -0.4 is 10.6 Å². The fourth-order valence-electron chi connectivity index (χ4n) is 4.14. The van der Waals surface area contributed by atoms with Gasteiger partial charge in [0.25, 0.3) is 5.91 Å². The van der Waals surface area contributed by atoms with Gasteiger partial charge in [0.2, 0.25) is 5.91 Å². The predicted molar refractivity (Wildman–Crippen MR) is 146 cm³/mol. The number of nitrogens with zero attached hydrogens (tertiary/aromatic N) is 1. The molecule has 5 rings (SSSR count). The van der Waals surface area contributed by atoms with Crippen LogP contribution in [0, 0.1) is 5.82 Å². The van der Waals surface area contributed by atoms with Crippen LogP contribution in [-0.2, 0) is 11.3 Å². The van der Waals surface area contributed by atoms with Gasteiger partial charge in [-0.3, -0.25) is 9.59 Å². The number of carbonyl (C=O) groups is 2. The number of hydrogen-bond acceptors (Lipinski definition) is 2. The largest absolute Gasteiger partial charge is 0.332 e. The molecule has 4 aromatic carbocycles. The second-order valence-electron chi connectivity index (χ2n) is 8.53. The Kier molecular flexibility index (Phi) is 6.90. The Morgan fingerprint density at radius 3 is 2.22 bits per heavy atom. The highest BCUT2D eigenvalue weighted by atomic mass is 19.1. The van der Waals surface area contributed by atoms with E-state index in [9.17, 15) is 14.0 Å². The van der Waals surface area contributed by atoms with E-state index in [0.717, 1.165) is 16.5 Å². The molecular formula is C31H24FN3O2. The molecule has 37 heavy (non-hydrogen) atoms. The first-order valence-electron chi connectivity index (χ1n) is 11.8. The Labute approximate surface area is 213 Å². The number of para-hydroxylation sites is 1. The lowest BCUT2D eigenvalue weighted by Crippen LogP contribution is -2.17. The molecule has 0 aliphatic heterocycles. The van der Waals surface area contributed by atoms with E-state index in [1.165, 1.54) is 12.1 Å². The predicted octanol–water partition coefficient (Wildman–Crippen LogP) is 6.73. The van der Waals surface area contributed by atoms with Crippen molar-refractivity contribution < 1.29 is 14.0 Å². The summed E-state index contributed by atoms with van der Waals surface area (Å²) in [5.41, 5.74) is 3.78. The Hall–Kier alpha value is -4.97. The smallest absolute Gasteiger partial charge is 0.272 e. The van der Waals surface area contributed by atoms with Gasteiger partial charge in [-0.05, 0) is 54.1 Å². The van der Waals surface area contributed by atoms with Crippen molar-refractivity contribution in [3.8, 4) is 0 Å². The van der Waals surface area contributed by atoms with E-state index in [4.69, 9.17) is 0 Å². The standard InChI is InChI=1S/C31H24FN3O2/c32-27-14-8-7-11-23(27)21-35-28-17-16-26(33-30(36)18-15-22-9-3-1-4-10-22)19-24(28)20-29(35)31(37)34-25-12-5-2-6-13-25/h1-20H,21H2,(H,33,36)(H,34,37)/b18-15+. The maximum absolute atomic E-state index is 14.5. The Morgan fingerprint density at radius 2 is 1.46 bits per heavy atom. The van der Waals surface area contributed by atoms with Crippen molar-refractivity contribution in [1.82, 2.24) is 4.57 Å². The van der Waals surface area contributed by atoms with Gasteiger partial charge >= 0.3 is 0 Å². The maximum atomic E-state index is 14.5. The van der Waals surface area contributed by atoms with E-state index < -0.39 is 0 Å². The summed E-state index contributed by atoms with van der Waals surface area (Å²) < 4.78 is 16.3. The third-order valence-electron chi connectivity index (χ3n) is 5.95. The number of aromatic nitrogens is 1. The van der Waals surface area contributed by atoms with Crippen LogP contribution in [0.5, 0.6) is 0 Å². The van der Waals surface area contributed by atoms with Crippen molar-refractivity contribution in [2.75, 3.05) is 10.6 Å². The summed E-state index contributed by atoms with van der Waals surface area (Å²) in [7, 11) is 0. The number of amides is 2. The van der Waals surface area contributed by atoms with Gasteiger partial charge in [0.1, 0.15) is 11.5 Å². The number of anilines is 2. The van der Waals surface area contributed by atoms with Gasteiger partial charge in [-0.2, -0.15) is 0 Å². The molecule has 5 aromatic rings. The second-order valence-corrected chi connectivity index (χ2v) is 8.53. The van der Waals surface area contributed by atoms with Crippen molar-refractivity contribution in [2.24, 2.45) is 0 Å². The van der Waals surface area contributed by atoms with Crippen LogP contribution in [0.4, 0.5) is 15.8 Å². The molecule has 6 heteroatoms. The van der Waals surface area contributed by atoms with Gasteiger partial charge in [-0.25, -0.2) is 4.39 Å². The molecule has 0 spiro atoms. The summed E-state index contributed by atoms with van der Waals surface area (Å²) in [4.78, 5) is 25.7. The third-order valence-corrected chi connectivity index (χ3v) is 5.95. The monoisotopic (exact) mass is 489 g/mol. The van der Waals surface area contributed by atoms with Gasteiger partial charge < -0.3 is 15.2 Å². The molecule has 0 unspecified atom stereocenters. The van der Waals surface area contributed by atoms with E-state index >= 15 is 0 Å². The lowest BCUT2D eigenvalue weighted by atomic mass is 10.2. The third kappa shape index (κ3) is 5.65. The Bertz CT molecular complexity index is 1590. The maximum Gasteiger partial charge on any atom is 0.272 e. The number of nitrogens with one attached hydrogen (secondary N) is 2. The molecular weight excluding hydrogens is 465 g/mol. The molecule has 0 radical (unpaired) electrons. The first-order valence-corrected chi connectivity index (χ1v) is 11.8. The van der Waals surface area contributed by atoms with Crippen molar-refractivity contribution in [1.29, 1.82) is 0 Å².